The summed E-state index contributed by atoms with van der Waals surface area (Å²) in [4.78, 5) is 17.6. The number of hydrogen-bond acceptors (Lipinski definition) is 4. The number of amides is 1. The summed E-state index contributed by atoms with van der Waals surface area (Å²) in [5.74, 6) is -0.0628. The summed E-state index contributed by atoms with van der Waals surface area (Å²) in [6.07, 6.45) is -4.53. The number of rotatable bonds is 4. The van der Waals surface area contributed by atoms with Crippen LogP contribution < -0.4 is 0 Å². The third-order valence-electron chi connectivity index (χ3n) is 5.24. The molecule has 158 valence electrons. The third-order valence-corrected chi connectivity index (χ3v) is 6.13. The third kappa shape index (κ3) is 4.13. The van der Waals surface area contributed by atoms with Gasteiger partial charge in [0.15, 0.2) is 5.69 Å². The van der Waals surface area contributed by atoms with Crippen molar-refractivity contribution in [2.45, 2.75) is 13.1 Å². The molecule has 3 heterocycles. The molecule has 9 heteroatoms. The van der Waals surface area contributed by atoms with Gasteiger partial charge in [-0.2, -0.15) is 18.3 Å². The van der Waals surface area contributed by atoms with Crippen molar-refractivity contribution in [3.05, 3.63) is 59.1 Å². The molecular weight excluding hydrogens is 413 g/mol. The Balaban J connectivity index is 1.60. The molecule has 1 amide bonds. The van der Waals surface area contributed by atoms with Gasteiger partial charge >= 0.3 is 6.18 Å². The zero-order valence-corrected chi connectivity index (χ0v) is 17.2. The minimum Gasteiger partial charge on any atom is -0.336 e. The van der Waals surface area contributed by atoms with E-state index in [0.717, 1.165) is 25.7 Å². The number of benzene rings is 1. The molecule has 0 bridgehead atoms. The average molecular weight is 434 g/mol. The van der Waals surface area contributed by atoms with Crippen LogP contribution in [0.15, 0.2) is 47.8 Å². The first kappa shape index (κ1) is 20.6. The molecule has 5 nitrogen and oxygen atoms in total. The summed E-state index contributed by atoms with van der Waals surface area (Å²) < 4.78 is 41.0. The van der Waals surface area contributed by atoms with Crippen molar-refractivity contribution in [3.8, 4) is 16.3 Å². The van der Waals surface area contributed by atoms with Crippen LogP contribution in [0.1, 0.15) is 23.0 Å². The number of nitrogens with zero attached hydrogens (tertiary/aromatic N) is 4. The largest absolute Gasteiger partial charge is 0.435 e. The Kier molecular flexibility index (Phi) is 5.66. The number of halogens is 3. The molecule has 0 saturated carbocycles. The van der Waals surface area contributed by atoms with Gasteiger partial charge in [0.2, 0.25) is 0 Å². The maximum atomic E-state index is 13.2. The van der Waals surface area contributed by atoms with Crippen LogP contribution in [-0.2, 0) is 6.18 Å². The SMILES string of the molecule is CCN1CCN(C(=O)c2ccc(-n3nc(C(F)(F)F)cc3-c3cccs3)cc2)CC1. The molecule has 1 saturated heterocycles. The van der Waals surface area contributed by atoms with Gasteiger partial charge in [-0.25, -0.2) is 4.68 Å². The second-order valence-electron chi connectivity index (χ2n) is 7.08. The Bertz CT molecular complexity index is 1000. The first-order valence-corrected chi connectivity index (χ1v) is 10.6. The molecular formula is C21H21F3N4OS. The molecule has 0 unspecified atom stereocenters. The standard InChI is InChI=1S/C21H21F3N4OS/c1-2-26-9-11-27(12-10-26)20(29)15-5-7-16(8-6-15)28-17(18-4-3-13-30-18)14-19(25-28)21(22,23)24/h3-8,13-14H,2,9-12H2,1H3. The number of piperazine rings is 1. The molecule has 0 N–H and O–H groups in total. The molecule has 1 aliphatic rings. The topological polar surface area (TPSA) is 41.4 Å². The maximum Gasteiger partial charge on any atom is 0.435 e. The van der Waals surface area contributed by atoms with E-state index in [2.05, 4.69) is 16.9 Å². The maximum absolute atomic E-state index is 13.2. The van der Waals surface area contributed by atoms with Crippen LogP contribution in [0.3, 0.4) is 0 Å². The number of aromatic nitrogens is 2. The summed E-state index contributed by atoms with van der Waals surface area (Å²) in [7, 11) is 0. The lowest BCUT2D eigenvalue weighted by Gasteiger charge is -2.34. The minimum absolute atomic E-state index is 0.0628. The van der Waals surface area contributed by atoms with Crippen molar-refractivity contribution in [1.82, 2.24) is 19.6 Å². The summed E-state index contributed by atoms with van der Waals surface area (Å²) in [6, 6.07) is 11.2. The Morgan fingerprint density at radius 2 is 1.80 bits per heavy atom. The first-order chi connectivity index (χ1) is 14.4. The second kappa shape index (κ2) is 8.23. The molecule has 0 atom stereocenters. The predicted molar refractivity (Wildman–Crippen MR) is 110 cm³/mol. The van der Waals surface area contributed by atoms with Crippen molar-refractivity contribution in [1.29, 1.82) is 0 Å². The minimum atomic E-state index is -4.53. The van der Waals surface area contributed by atoms with Crippen LogP contribution in [0.4, 0.5) is 13.2 Å². The van der Waals surface area contributed by atoms with Crippen LogP contribution in [0.2, 0.25) is 0 Å². The quantitative estimate of drug-likeness (QED) is 0.611. The fourth-order valence-electron chi connectivity index (χ4n) is 3.51. The van der Waals surface area contributed by atoms with E-state index in [9.17, 15) is 18.0 Å². The Hall–Kier alpha value is -2.65. The van der Waals surface area contributed by atoms with Crippen LogP contribution in [0.25, 0.3) is 16.3 Å². The van der Waals surface area contributed by atoms with Crippen LogP contribution in [0, 0.1) is 0 Å². The van der Waals surface area contributed by atoms with Gasteiger partial charge in [0.05, 0.1) is 16.3 Å². The highest BCUT2D eigenvalue weighted by Crippen LogP contribution is 2.34. The smallest absolute Gasteiger partial charge is 0.336 e. The van der Waals surface area contributed by atoms with E-state index in [1.165, 1.54) is 16.0 Å². The van der Waals surface area contributed by atoms with E-state index in [1.54, 1.807) is 41.8 Å². The number of alkyl halides is 3. The van der Waals surface area contributed by atoms with Gasteiger partial charge < -0.3 is 9.80 Å². The highest BCUT2D eigenvalue weighted by atomic mass is 32.1. The van der Waals surface area contributed by atoms with Crippen LogP contribution in [0.5, 0.6) is 0 Å². The molecule has 1 aliphatic heterocycles. The van der Waals surface area contributed by atoms with Crippen LogP contribution >= 0.6 is 11.3 Å². The molecule has 3 aromatic rings. The normalized spacial score (nSPS) is 15.5. The van der Waals surface area contributed by atoms with E-state index in [0.29, 0.717) is 34.9 Å². The first-order valence-electron chi connectivity index (χ1n) is 9.70. The van der Waals surface area contributed by atoms with Crippen molar-refractivity contribution in [2.75, 3.05) is 32.7 Å². The van der Waals surface area contributed by atoms with Gasteiger partial charge in [-0.05, 0) is 48.3 Å². The van der Waals surface area contributed by atoms with Gasteiger partial charge in [0, 0.05) is 31.7 Å². The summed E-state index contributed by atoms with van der Waals surface area (Å²) >= 11 is 1.34. The van der Waals surface area contributed by atoms with Gasteiger partial charge in [0.25, 0.3) is 5.91 Å². The number of thiophene rings is 1. The molecule has 0 spiro atoms. The molecule has 4 rings (SSSR count). The van der Waals surface area contributed by atoms with E-state index in [-0.39, 0.29) is 5.91 Å². The summed E-state index contributed by atoms with van der Waals surface area (Å²) in [6.45, 7) is 6.10. The summed E-state index contributed by atoms with van der Waals surface area (Å²) in [5, 5.41) is 5.59. The van der Waals surface area contributed by atoms with Crippen molar-refractivity contribution >= 4 is 17.2 Å². The summed E-state index contributed by atoms with van der Waals surface area (Å²) in [5.41, 5.74) is 0.415. The fraction of sp³-hybridized carbons (Fsp3) is 0.333. The highest BCUT2D eigenvalue weighted by molar-refractivity contribution is 7.13. The second-order valence-corrected chi connectivity index (χ2v) is 8.02. The van der Waals surface area contributed by atoms with E-state index in [1.807, 2.05) is 4.90 Å². The monoisotopic (exact) mass is 434 g/mol. The highest BCUT2D eigenvalue weighted by Gasteiger charge is 2.35. The number of hydrogen-bond donors (Lipinski definition) is 0. The van der Waals surface area contributed by atoms with Gasteiger partial charge in [0.1, 0.15) is 0 Å². The Labute approximate surface area is 176 Å². The Morgan fingerprint density at radius 1 is 1.10 bits per heavy atom. The molecule has 1 fully saturated rings. The number of carbonyl (C=O) groups excluding carboxylic acids is 1. The lowest BCUT2D eigenvalue weighted by Crippen LogP contribution is -2.48. The van der Waals surface area contributed by atoms with E-state index in [4.69, 9.17) is 0 Å². The van der Waals surface area contributed by atoms with Crippen LogP contribution in [-0.4, -0.2) is 58.2 Å². The van der Waals surface area contributed by atoms with Gasteiger partial charge in [-0.3, -0.25) is 4.79 Å². The number of carbonyl (C=O) groups is 1. The molecule has 30 heavy (non-hydrogen) atoms. The van der Waals surface area contributed by atoms with Gasteiger partial charge in [-0.1, -0.05) is 13.0 Å². The predicted octanol–water partition coefficient (Wildman–Crippen LogP) is 4.40. The van der Waals surface area contributed by atoms with Crippen molar-refractivity contribution < 1.29 is 18.0 Å². The van der Waals surface area contributed by atoms with E-state index >= 15 is 0 Å². The van der Waals surface area contributed by atoms with Gasteiger partial charge in [-0.15, -0.1) is 11.3 Å². The fourth-order valence-corrected chi connectivity index (χ4v) is 4.24. The molecule has 0 aliphatic carbocycles. The van der Waals surface area contributed by atoms with E-state index < -0.39 is 11.9 Å². The zero-order valence-electron chi connectivity index (χ0n) is 16.4. The lowest BCUT2D eigenvalue weighted by molar-refractivity contribution is -0.141. The molecule has 1 aromatic carbocycles. The van der Waals surface area contributed by atoms with Crippen molar-refractivity contribution in [2.24, 2.45) is 0 Å². The molecule has 0 radical (unpaired) electrons. The average Bonchev–Trinajstić information content (AvgIpc) is 3.43. The molecule has 2 aromatic heterocycles. The Morgan fingerprint density at radius 3 is 2.37 bits per heavy atom. The lowest BCUT2D eigenvalue weighted by atomic mass is 10.1. The zero-order chi connectivity index (χ0) is 21.3. The van der Waals surface area contributed by atoms with Crippen molar-refractivity contribution in [3.63, 3.8) is 0 Å². The number of likely N-dealkylation sites (N-methyl/N-ethyl adjacent to an activating group) is 1.